The van der Waals surface area contributed by atoms with Crippen molar-refractivity contribution in [1.29, 1.82) is 0 Å². The Morgan fingerprint density at radius 1 is 1.29 bits per heavy atom. The Labute approximate surface area is 167 Å². The zero-order valence-electron chi connectivity index (χ0n) is 15.8. The summed E-state index contributed by atoms with van der Waals surface area (Å²) in [5.41, 5.74) is 1.11. The number of hydrogen-bond donors (Lipinski definition) is 0. The van der Waals surface area contributed by atoms with Gasteiger partial charge in [0.15, 0.2) is 0 Å². The van der Waals surface area contributed by atoms with Crippen molar-refractivity contribution in [2.75, 3.05) is 40.4 Å². The Hall–Kier alpha value is -2.65. The van der Waals surface area contributed by atoms with Crippen LogP contribution >= 0.6 is 11.6 Å². The summed E-state index contributed by atoms with van der Waals surface area (Å²) in [6.45, 7) is 3.49. The van der Waals surface area contributed by atoms with Crippen LogP contribution in [0.25, 0.3) is 0 Å². The second-order valence-corrected chi connectivity index (χ2v) is 7.13. The van der Waals surface area contributed by atoms with Crippen molar-refractivity contribution in [2.24, 2.45) is 0 Å². The number of amides is 3. The molecular weight excluding hydrogens is 388 g/mol. The van der Waals surface area contributed by atoms with Crippen molar-refractivity contribution >= 4 is 29.2 Å². The molecule has 10 heteroatoms. The monoisotopic (exact) mass is 408 g/mol. The molecule has 2 heterocycles. The van der Waals surface area contributed by atoms with Gasteiger partial charge in [-0.1, -0.05) is 17.7 Å². The first-order valence-corrected chi connectivity index (χ1v) is 9.14. The van der Waals surface area contributed by atoms with E-state index in [0.29, 0.717) is 43.1 Å². The molecule has 1 aromatic carbocycles. The average molecular weight is 409 g/mol. The largest absolute Gasteiger partial charge is 0.378 e. The van der Waals surface area contributed by atoms with Crippen LogP contribution in [0.15, 0.2) is 29.5 Å². The van der Waals surface area contributed by atoms with Crippen molar-refractivity contribution in [3.63, 3.8) is 0 Å². The van der Waals surface area contributed by atoms with Crippen LogP contribution in [-0.2, 0) is 9.53 Å². The van der Waals surface area contributed by atoms with Crippen molar-refractivity contribution in [3.05, 3.63) is 50.2 Å². The highest BCUT2D eigenvalue weighted by Gasteiger charge is 2.40. The van der Waals surface area contributed by atoms with E-state index in [9.17, 15) is 19.7 Å². The number of nitro groups is 1. The molecule has 1 saturated heterocycles. The Morgan fingerprint density at radius 2 is 1.93 bits per heavy atom. The lowest BCUT2D eigenvalue weighted by Crippen LogP contribution is -2.50. The topological polar surface area (TPSA) is 96.2 Å². The molecule has 0 N–H and O–H groups in total. The van der Waals surface area contributed by atoms with Gasteiger partial charge in [-0.15, -0.1) is 0 Å². The van der Waals surface area contributed by atoms with Gasteiger partial charge < -0.3 is 19.4 Å². The van der Waals surface area contributed by atoms with Gasteiger partial charge in [-0.25, -0.2) is 4.79 Å². The molecule has 0 aliphatic carbocycles. The van der Waals surface area contributed by atoms with Gasteiger partial charge in [0.05, 0.1) is 29.8 Å². The van der Waals surface area contributed by atoms with Gasteiger partial charge in [-0.3, -0.25) is 14.9 Å². The van der Waals surface area contributed by atoms with Crippen LogP contribution in [0.1, 0.15) is 18.5 Å². The molecule has 9 nitrogen and oxygen atoms in total. The maximum absolute atomic E-state index is 13.3. The predicted octanol–water partition coefficient (Wildman–Crippen LogP) is 2.42. The summed E-state index contributed by atoms with van der Waals surface area (Å²) in [5, 5.41) is 11.3. The van der Waals surface area contributed by atoms with E-state index in [1.165, 1.54) is 21.9 Å². The molecule has 3 rings (SSSR count). The maximum Gasteiger partial charge on any atom is 0.324 e. The molecule has 0 saturated carbocycles. The van der Waals surface area contributed by atoms with Crippen LogP contribution < -0.4 is 0 Å². The average Bonchev–Trinajstić information content (AvgIpc) is 2.69. The number of halogens is 1. The predicted molar refractivity (Wildman–Crippen MR) is 102 cm³/mol. The van der Waals surface area contributed by atoms with Crippen LogP contribution in [0.2, 0.25) is 5.02 Å². The smallest absolute Gasteiger partial charge is 0.324 e. The molecular formula is C18H21ClN4O5. The van der Waals surface area contributed by atoms with Crippen molar-refractivity contribution < 1.29 is 19.2 Å². The molecule has 0 aromatic heterocycles. The van der Waals surface area contributed by atoms with E-state index in [1.807, 2.05) is 0 Å². The van der Waals surface area contributed by atoms with Crippen molar-refractivity contribution in [1.82, 2.24) is 14.7 Å². The van der Waals surface area contributed by atoms with Crippen LogP contribution in [0.5, 0.6) is 0 Å². The van der Waals surface area contributed by atoms with E-state index in [2.05, 4.69) is 0 Å². The summed E-state index contributed by atoms with van der Waals surface area (Å²) in [6, 6.07) is 3.28. The molecule has 0 spiro atoms. The summed E-state index contributed by atoms with van der Waals surface area (Å²) in [4.78, 5) is 41.2. The molecule has 0 radical (unpaired) electrons. The maximum atomic E-state index is 13.3. The molecule has 28 heavy (non-hydrogen) atoms. The summed E-state index contributed by atoms with van der Waals surface area (Å²) >= 11 is 5.94. The molecule has 2 aliphatic heterocycles. The zero-order chi connectivity index (χ0) is 20.6. The number of allylic oxidation sites excluding steroid dienone is 1. The lowest BCUT2D eigenvalue weighted by atomic mass is 9.92. The number of nitro benzene ring substituents is 1. The number of benzene rings is 1. The van der Waals surface area contributed by atoms with Gasteiger partial charge in [-0.05, 0) is 18.6 Å². The van der Waals surface area contributed by atoms with Gasteiger partial charge in [0.25, 0.3) is 11.6 Å². The number of morpholine rings is 1. The zero-order valence-corrected chi connectivity index (χ0v) is 16.6. The quantitative estimate of drug-likeness (QED) is 0.565. The highest BCUT2D eigenvalue weighted by molar-refractivity contribution is 6.32. The summed E-state index contributed by atoms with van der Waals surface area (Å²) in [6.07, 6.45) is 0. The van der Waals surface area contributed by atoms with E-state index in [0.717, 1.165) is 0 Å². The van der Waals surface area contributed by atoms with E-state index >= 15 is 0 Å². The third-order valence-corrected chi connectivity index (χ3v) is 5.47. The molecule has 3 amide bonds. The second-order valence-electron chi connectivity index (χ2n) is 6.73. The number of nitrogens with zero attached hydrogens (tertiary/aromatic N) is 4. The highest BCUT2D eigenvalue weighted by Crippen LogP contribution is 2.39. The fourth-order valence-corrected chi connectivity index (χ4v) is 3.69. The molecule has 2 aliphatic rings. The number of urea groups is 1. The third-order valence-electron chi connectivity index (χ3n) is 5.15. The van der Waals surface area contributed by atoms with Crippen molar-refractivity contribution in [2.45, 2.75) is 13.0 Å². The van der Waals surface area contributed by atoms with E-state index < -0.39 is 11.0 Å². The number of hydrogen-bond acceptors (Lipinski definition) is 5. The first-order valence-electron chi connectivity index (χ1n) is 8.76. The number of carbonyl (C=O) groups excluding carboxylic acids is 2. The highest BCUT2D eigenvalue weighted by atomic mass is 35.5. The second kappa shape index (κ2) is 7.76. The van der Waals surface area contributed by atoms with Crippen LogP contribution in [-0.4, -0.2) is 72.0 Å². The molecule has 0 bridgehead atoms. The third kappa shape index (κ3) is 3.43. The van der Waals surface area contributed by atoms with Crippen LogP contribution in [0.4, 0.5) is 10.5 Å². The normalized spacial score (nSPS) is 20.6. The fourth-order valence-electron chi connectivity index (χ4n) is 3.50. The summed E-state index contributed by atoms with van der Waals surface area (Å²) in [7, 11) is 3.17. The number of carbonyl (C=O) groups is 2. The van der Waals surface area contributed by atoms with Gasteiger partial charge in [0, 0.05) is 38.9 Å². The molecule has 1 fully saturated rings. The number of rotatable bonds is 3. The Kier molecular flexibility index (Phi) is 5.57. The van der Waals surface area contributed by atoms with Gasteiger partial charge >= 0.3 is 6.03 Å². The van der Waals surface area contributed by atoms with E-state index in [1.54, 1.807) is 32.0 Å². The standard InChI is InChI=1S/C18H21ClN4O5/c1-11-15(17(24)22-6-8-28-9-7-22)16(21(3)18(25)20(11)2)12-4-5-13(19)14(10-12)23(26)27/h4-5,10,16H,6-9H2,1-3H3/t16-/m0/s1. The minimum absolute atomic E-state index is 0.00239. The lowest BCUT2D eigenvalue weighted by Gasteiger charge is -2.41. The van der Waals surface area contributed by atoms with Crippen molar-refractivity contribution in [3.8, 4) is 0 Å². The fraction of sp³-hybridized carbons (Fsp3) is 0.444. The molecule has 150 valence electrons. The number of ether oxygens (including phenoxy) is 1. The molecule has 1 atom stereocenters. The van der Waals surface area contributed by atoms with Gasteiger partial charge in [0.2, 0.25) is 0 Å². The minimum Gasteiger partial charge on any atom is -0.378 e. The Morgan fingerprint density at radius 3 is 2.54 bits per heavy atom. The summed E-state index contributed by atoms with van der Waals surface area (Å²) in [5.74, 6) is -0.213. The van der Waals surface area contributed by atoms with Gasteiger partial charge in [-0.2, -0.15) is 0 Å². The first kappa shape index (κ1) is 20.1. The van der Waals surface area contributed by atoms with Gasteiger partial charge in [0.1, 0.15) is 5.02 Å². The Balaban J connectivity index is 2.12. The first-order chi connectivity index (χ1) is 13.2. The van der Waals surface area contributed by atoms with Crippen LogP contribution in [0, 0.1) is 10.1 Å². The summed E-state index contributed by atoms with van der Waals surface area (Å²) < 4.78 is 5.32. The molecule has 1 aromatic rings. The molecule has 0 unspecified atom stereocenters. The van der Waals surface area contributed by atoms with E-state index in [4.69, 9.17) is 16.3 Å². The van der Waals surface area contributed by atoms with E-state index in [-0.39, 0.29) is 22.6 Å². The Bertz CT molecular complexity index is 866. The van der Waals surface area contributed by atoms with Crippen LogP contribution in [0.3, 0.4) is 0 Å². The minimum atomic E-state index is -0.755. The number of likely N-dealkylation sites (N-methyl/N-ethyl adjacent to an activating group) is 1. The lowest BCUT2D eigenvalue weighted by molar-refractivity contribution is -0.384. The SMILES string of the molecule is CC1=C(C(=O)N2CCOCC2)[C@H](c2ccc(Cl)c([N+](=O)[O-])c2)N(C)C(=O)N1C.